The van der Waals surface area contributed by atoms with E-state index in [1.807, 2.05) is 13.0 Å². The van der Waals surface area contributed by atoms with Crippen LogP contribution in [0.2, 0.25) is 10.3 Å². The average molecular weight is 356 g/mol. The lowest BCUT2D eigenvalue weighted by atomic mass is 9.97. The number of aromatic nitrogens is 1. The summed E-state index contributed by atoms with van der Waals surface area (Å²) in [6, 6.07) is 6.59. The second-order valence-corrected chi connectivity index (χ2v) is 5.75. The first-order valence-corrected chi connectivity index (χ1v) is 7.92. The second-order valence-electron chi connectivity index (χ2n) is 5.01. The largest absolute Gasteiger partial charge is 0.469 e. The van der Waals surface area contributed by atoms with Crippen LogP contribution in [0.25, 0.3) is 11.1 Å². The lowest BCUT2D eigenvalue weighted by Crippen LogP contribution is -2.04. The van der Waals surface area contributed by atoms with Crippen molar-refractivity contribution in [1.82, 2.24) is 4.98 Å². The number of halogens is 3. The molecule has 0 radical (unpaired) electrons. The molecule has 0 atom stereocenters. The third kappa shape index (κ3) is 4.21. The number of methoxy groups -OCH3 is 1. The van der Waals surface area contributed by atoms with Crippen LogP contribution in [0.3, 0.4) is 0 Å². The number of aryl methyl sites for hydroxylation is 1. The summed E-state index contributed by atoms with van der Waals surface area (Å²) in [5, 5.41) is 0.334. The number of benzene rings is 1. The molecule has 0 saturated carbocycles. The van der Waals surface area contributed by atoms with Gasteiger partial charge < -0.3 is 4.74 Å². The summed E-state index contributed by atoms with van der Waals surface area (Å²) in [5.41, 5.74) is 2.39. The Balaban J connectivity index is 2.50. The highest BCUT2D eigenvalue weighted by molar-refractivity contribution is 6.33. The molecule has 0 bridgehead atoms. The van der Waals surface area contributed by atoms with Gasteiger partial charge in [-0.3, -0.25) is 4.79 Å². The molecule has 1 heterocycles. The van der Waals surface area contributed by atoms with Crippen molar-refractivity contribution in [3.8, 4) is 11.1 Å². The van der Waals surface area contributed by atoms with Crippen molar-refractivity contribution in [2.75, 3.05) is 7.11 Å². The van der Waals surface area contributed by atoms with E-state index in [0.29, 0.717) is 23.1 Å². The van der Waals surface area contributed by atoms with Gasteiger partial charge in [0.15, 0.2) is 0 Å². The van der Waals surface area contributed by atoms with Crippen molar-refractivity contribution >= 4 is 29.2 Å². The Morgan fingerprint density at radius 1 is 1.26 bits per heavy atom. The van der Waals surface area contributed by atoms with Crippen molar-refractivity contribution in [1.29, 1.82) is 0 Å². The molecule has 0 aliphatic rings. The van der Waals surface area contributed by atoms with E-state index in [4.69, 9.17) is 23.2 Å². The molecule has 0 aliphatic carbocycles. The summed E-state index contributed by atoms with van der Waals surface area (Å²) in [5.74, 6) is -0.731. The summed E-state index contributed by atoms with van der Waals surface area (Å²) in [6.07, 6.45) is 1.16. The molecule has 0 amide bonds. The van der Waals surface area contributed by atoms with E-state index in [2.05, 4.69) is 9.72 Å². The quantitative estimate of drug-likeness (QED) is 0.567. The molecule has 2 rings (SSSR count). The van der Waals surface area contributed by atoms with E-state index in [9.17, 15) is 9.18 Å². The Morgan fingerprint density at radius 3 is 2.61 bits per heavy atom. The van der Waals surface area contributed by atoms with Crippen LogP contribution in [0.4, 0.5) is 4.39 Å². The van der Waals surface area contributed by atoms with Gasteiger partial charge in [-0.2, -0.15) is 0 Å². The van der Waals surface area contributed by atoms with Gasteiger partial charge in [-0.1, -0.05) is 42.3 Å². The van der Waals surface area contributed by atoms with E-state index in [0.717, 1.165) is 12.0 Å². The molecule has 0 fully saturated rings. The third-order valence-electron chi connectivity index (χ3n) is 3.58. The summed E-state index contributed by atoms with van der Waals surface area (Å²) in [6.45, 7) is 1.95. The number of hydrogen-bond acceptors (Lipinski definition) is 3. The predicted octanol–water partition coefficient (Wildman–Crippen LogP) is 4.86. The maximum absolute atomic E-state index is 14.4. The van der Waals surface area contributed by atoms with Gasteiger partial charge >= 0.3 is 5.97 Å². The van der Waals surface area contributed by atoms with Crippen molar-refractivity contribution in [3.05, 3.63) is 51.5 Å². The Kier molecular flexibility index (Phi) is 5.97. The van der Waals surface area contributed by atoms with Crippen LogP contribution in [0.15, 0.2) is 24.3 Å². The molecule has 0 aliphatic heterocycles. The van der Waals surface area contributed by atoms with Gasteiger partial charge in [-0.25, -0.2) is 9.37 Å². The first-order chi connectivity index (χ1) is 11.0. The van der Waals surface area contributed by atoms with E-state index in [1.165, 1.54) is 13.2 Å². The van der Waals surface area contributed by atoms with Crippen LogP contribution < -0.4 is 0 Å². The monoisotopic (exact) mass is 355 g/mol. The molecule has 0 saturated heterocycles. The average Bonchev–Trinajstić information content (AvgIpc) is 2.52. The topological polar surface area (TPSA) is 39.2 Å². The number of pyridine rings is 1. The fraction of sp³-hybridized carbons (Fsp3) is 0.294. The maximum Gasteiger partial charge on any atom is 0.305 e. The van der Waals surface area contributed by atoms with Crippen LogP contribution in [-0.2, 0) is 22.4 Å². The molecule has 2 aromatic rings. The van der Waals surface area contributed by atoms with Gasteiger partial charge in [0.25, 0.3) is 0 Å². The molecule has 1 aromatic carbocycles. The number of hydrogen-bond donors (Lipinski definition) is 0. The molecule has 3 nitrogen and oxygen atoms in total. The molecule has 0 unspecified atom stereocenters. The zero-order valence-electron chi connectivity index (χ0n) is 12.8. The zero-order chi connectivity index (χ0) is 17.0. The fourth-order valence-corrected chi connectivity index (χ4v) is 2.84. The minimum Gasteiger partial charge on any atom is -0.469 e. The maximum atomic E-state index is 14.4. The molecule has 23 heavy (non-hydrogen) atoms. The van der Waals surface area contributed by atoms with E-state index in [1.54, 1.807) is 12.1 Å². The number of esters is 1. The van der Waals surface area contributed by atoms with Crippen molar-refractivity contribution < 1.29 is 13.9 Å². The highest BCUT2D eigenvalue weighted by atomic mass is 35.5. The van der Waals surface area contributed by atoms with E-state index >= 15 is 0 Å². The predicted molar refractivity (Wildman–Crippen MR) is 89.4 cm³/mol. The minimum absolute atomic E-state index is 0.126. The number of carbonyl (C=O) groups excluding carboxylic acids is 1. The first kappa shape index (κ1) is 17.7. The Labute approximate surface area is 144 Å². The lowest BCUT2D eigenvalue weighted by molar-refractivity contribution is -0.140. The normalized spacial score (nSPS) is 10.7. The van der Waals surface area contributed by atoms with Gasteiger partial charge in [0.05, 0.1) is 7.11 Å². The number of ether oxygens (including phenoxy) is 1. The van der Waals surface area contributed by atoms with Gasteiger partial charge in [-0.05, 0) is 41.7 Å². The van der Waals surface area contributed by atoms with Gasteiger partial charge in [-0.15, -0.1) is 0 Å². The second kappa shape index (κ2) is 7.75. The molecular weight excluding hydrogens is 340 g/mol. The minimum atomic E-state index is -0.372. The van der Waals surface area contributed by atoms with Crippen molar-refractivity contribution in [3.63, 3.8) is 0 Å². The van der Waals surface area contributed by atoms with Crippen LogP contribution >= 0.6 is 23.2 Å². The summed E-state index contributed by atoms with van der Waals surface area (Å²) >= 11 is 12.1. The smallest absolute Gasteiger partial charge is 0.305 e. The number of rotatable bonds is 5. The van der Waals surface area contributed by atoms with Crippen molar-refractivity contribution in [2.24, 2.45) is 0 Å². The molecule has 6 heteroatoms. The van der Waals surface area contributed by atoms with E-state index in [-0.39, 0.29) is 28.5 Å². The van der Waals surface area contributed by atoms with Gasteiger partial charge in [0.2, 0.25) is 0 Å². The Hall–Kier alpha value is -1.65. The van der Waals surface area contributed by atoms with Crippen LogP contribution in [0.5, 0.6) is 0 Å². The Morgan fingerprint density at radius 2 is 2.00 bits per heavy atom. The molecule has 122 valence electrons. The van der Waals surface area contributed by atoms with Gasteiger partial charge in [0.1, 0.15) is 16.1 Å². The number of nitrogens with zero attached hydrogens (tertiary/aromatic N) is 1. The lowest BCUT2D eigenvalue weighted by Gasteiger charge is -2.13. The highest BCUT2D eigenvalue weighted by Gasteiger charge is 2.17. The first-order valence-electron chi connectivity index (χ1n) is 7.16. The summed E-state index contributed by atoms with van der Waals surface area (Å²) < 4.78 is 19.1. The van der Waals surface area contributed by atoms with Crippen LogP contribution in [0, 0.1) is 5.82 Å². The summed E-state index contributed by atoms with van der Waals surface area (Å²) in [4.78, 5) is 15.4. The third-order valence-corrected chi connectivity index (χ3v) is 4.09. The standard InChI is InChI=1S/C17H16Cl2FNO2/c1-3-10-4-5-11(14(20)8-10)13-9-15(18)21-17(19)12(13)6-7-16(22)23-2/h4-5,8-9H,3,6-7H2,1-2H3. The number of carbonyl (C=O) groups is 1. The Bertz CT molecular complexity index is 735. The molecule has 0 N–H and O–H groups in total. The van der Waals surface area contributed by atoms with Gasteiger partial charge in [0, 0.05) is 12.0 Å². The van der Waals surface area contributed by atoms with Crippen LogP contribution in [-0.4, -0.2) is 18.1 Å². The fourth-order valence-electron chi connectivity index (χ4n) is 2.32. The zero-order valence-corrected chi connectivity index (χ0v) is 14.3. The van der Waals surface area contributed by atoms with Crippen molar-refractivity contribution in [2.45, 2.75) is 26.2 Å². The summed E-state index contributed by atoms with van der Waals surface area (Å²) in [7, 11) is 1.31. The van der Waals surface area contributed by atoms with E-state index < -0.39 is 0 Å². The highest BCUT2D eigenvalue weighted by Crippen LogP contribution is 2.33. The van der Waals surface area contributed by atoms with Crippen LogP contribution in [0.1, 0.15) is 24.5 Å². The molecule has 1 aromatic heterocycles. The molecular formula is C17H16Cl2FNO2. The molecule has 0 spiro atoms. The SMILES string of the molecule is CCc1ccc(-c2cc(Cl)nc(Cl)c2CCC(=O)OC)c(F)c1.